The lowest BCUT2D eigenvalue weighted by atomic mass is 10.1. The largest absolute Gasteiger partial charge is 0.417 e. The third-order valence-corrected chi connectivity index (χ3v) is 3.43. The number of aromatic amines is 1. The number of hydrogen-bond acceptors (Lipinski definition) is 3. The molecule has 3 rings (SSSR count). The van der Waals surface area contributed by atoms with Gasteiger partial charge in [-0.15, -0.1) is 0 Å². The first-order chi connectivity index (χ1) is 10.7. The Kier molecular flexibility index (Phi) is 4.05. The van der Waals surface area contributed by atoms with E-state index in [1.165, 1.54) is 0 Å². The van der Waals surface area contributed by atoms with E-state index in [9.17, 15) is 9.59 Å². The number of aromatic nitrogens is 1. The molecule has 2 N–H and O–H groups in total. The Bertz CT molecular complexity index is 834. The van der Waals surface area contributed by atoms with Crippen molar-refractivity contribution < 1.29 is 9.21 Å². The van der Waals surface area contributed by atoms with Gasteiger partial charge < -0.3 is 9.73 Å². The number of oxazole rings is 1. The van der Waals surface area contributed by atoms with Gasteiger partial charge in [-0.05, 0) is 29.7 Å². The Labute approximate surface area is 127 Å². The summed E-state index contributed by atoms with van der Waals surface area (Å²) in [5.41, 5.74) is 3.25. The first kappa shape index (κ1) is 14.1. The lowest BCUT2D eigenvalue weighted by molar-refractivity contribution is -0.120. The van der Waals surface area contributed by atoms with Crippen molar-refractivity contribution in [2.24, 2.45) is 0 Å². The highest BCUT2D eigenvalue weighted by molar-refractivity contribution is 5.78. The minimum absolute atomic E-state index is 0.00370. The Morgan fingerprint density at radius 2 is 1.91 bits per heavy atom. The zero-order valence-corrected chi connectivity index (χ0v) is 12.0. The van der Waals surface area contributed by atoms with Gasteiger partial charge in [-0.3, -0.25) is 9.78 Å². The van der Waals surface area contributed by atoms with Gasteiger partial charge in [0.15, 0.2) is 5.58 Å². The molecule has 1 aromatic heterocycles. The molecule has 0 radical (unpaired) electrons. The van der Waals surface area contributed by atoms with E-state index < -0.39 is 5.76 Å². The third-order valence-electron chi connectivity index (χ3n) is 3.43. The molecule has 2 aromatic carbocycles. The van der Waals surface area contributed by atoms with Gasteiger partial charge in [-0.1, -0.05) is 36.4 Å². The van der Waals surface area contributed by atoms with Crippen LogP contribution in [0.4, 0.5) is 0 Å². The van der Waals surface area contributed by atoms with E-state index in [1.807, 2.05) is 42.5 Å². The molecule has 5 heteroatoms. The van der Waals surface area contributed by atoms with Crippen LogP contribution >= 0.6 is 0 Å². The number of hydrogen-bond donors (Lipinski definition) is 2. The molecule has 0 spiro atoms. The summed E-state index contributed by atoms with van der Waals surface area (Å²) in [6, 6.07) is 15.1. The summed E-state index contributed by atoms with van der Waals surface area (Å²) in [4.78, 5) is 25.6. The highest BCUT2D eigenvalue weighted by Crippen LogP contribution is 2.12. The fourth-order valence-corrected chi connectivity index (χ4v) is 2.34. The highest BCUT2D eigenvalue weighted by atomic mass is 16.4. The first-order valence-corrected chi connectivity index (χ1v) is 7.13. The number of nitrogens with one attached hydrogen (secondary N) is 2. The Morgan fingerprint density at radius 1 is 1.09 bits per heavy atom. The lowest BCUT2D eigenvalue weighted by Gasteiger charge is -2.05. The molecule has 22 heavy (non-hydrogen) atoms. The van der Waals surface area contributed by atoms with Crippen molar-refractivity contribution in [2.75, 3.05) is 6.54 Å². The van der Waals surface area contributed by atoms with Crippen molar-refractivity contribution in [3.63, 3.8) is 0 Å². The third kappa shape index (κ3) is 3.44. The maximum Gasteiger partial charge on any atom is 0.417 e. The van der Waals surface area contributed by atoms with Gasteiger partial charge >= 0.3 is 5.76 Å². The molecule has 0 fully saturated rings. The summed E-state index contributed by atoms with van der Waals surface area (Å²) in [5.74, 6) is -0.452. The fraction of sp³-hybridized carbons (Fsp3) is 0.176. The summed E-state index contributed by atoms with van der Waals surface area (Å²) in [6.07, 6.45) is 1.08. The van der Waals surface area contributed by atoms with Crippen molar-refractivity contribution in [1.29, 1.82) is 0 Å². The molecule has 1 heterocycles. The fourth-order valence-electron chi connectivity index (χ4n) is 2.34. The average Bonchev–Trinajstić information content (AvgIpc) is 2.87. The van der Waals surface area contributed by atoms with E-state index in [4.69, 9.17) is 4.42 Å². The molecule has 1 amide bonds. The van der Waals surface area contributed by atoms with Crippen LogP contribution in [-0.2, 0) is 17.6 Å². The van der Waals surface area contributed by atoms with E-state index in [1.54, 1.807) is 6.07 Å². The maximum atomic E-state index is 11.8. The monoisotopic (exact) mass is 296 g/mol. The SMILES string of the molecule is O=C(Cc1ccccc1)NCCc1ccc2oc(=O)[nH]c2c1. The van der Waals surface area contributed by atoms with Crippen LogP contribution in [0.1, 0.15) is 11.1 Å². The van der Waals surface area contributed by atoms with Gasteiger partial charge in [0.2, 0.25) is 5.91 Å². The molecule has 5 nitrogen and oxygen atoms in total. The summed E-state index contributed by atoms with van der Waals surface area (Å²) in [5, 5.41) is 2.90. The van der Waals surface area contributed by atoms with Gasteiger partial charge in [-0.2, -0.15) is 0 Å². The predicted molar refractivity (Wildman–Crippen MR) is 83.7 cm³/mol. The van der Waals surface area contributed by atoms with Gasteiger partial charge in [-0.25, -0.2) is 4.79 Å². The van der Waals surface area contributed by atoms with Crippen molar-refractivity contribution in [2.45, 2.75) is 12.8 Å². The second-order valence-electron chi connectivity index (χ2n) is 5.11. The quantitative estimate of drug-likeness (QED) is 0.756. The van der Waals surface area contributed by atoms with Crippen molar-refractivity contribution in [1.82, 2.24) is 10.3 Å². The molecule has 3 aromatic rings. The Morgan fingerprint density at radius 3 is 2.73 bits per heavy atom. The number of amides is 1. The number of benzene rings is 2. The van der Waals surface area contributed by atoms with Crippen molar-refractivity contribution in [3.8, 4) is 0 Å². The number of rotatable bonds is 5. The smallest absolute Gasteiger partial charge is 0.408 e. The molecule has 0 aliphatic heterocycles. The minimum Gasteiger partial charge on any atom is -0.408 e. The molecular formula is C17H16N2O3. The van der Waals surface area contributed by atoms with Crippen molar-refractivity contribution >= 4 is 17.0 Å². The van der Waals surface area contributed by atoms with Crippen LogP contribution in [0.3, 0.4) is 0 Å². The number of carbonyl (C=O) groups is 1. The topological polar surface area (TPSA) is 75.1 Å². The molecule has 0 unspecified atom stereocenters. The molecular weight excluding hydrogens is 280 g/mol. The van der Waals surface area contributed by atoms with Crippen molar-refractivity contribution in [3.05, 3.63) is 70.2 Å². The maximum absolute atomic E-state index is 11.8. The second kappa shape index (κ2) is 6.30. The van der Waals surface area contributed by atoms with E-state index in [-0.39, 0.29) is 5.91 Å². The van der Waals surface area contributed by atoms with Crippen LogP contribution in [0.5, 0.6) is 0 Å². The molecule has 0 aliphatic carbocycles. The molecule has 0 saturated carbocycles. The second-order valence-corrected chi connectivity index (χ2v) is 5.11. The standard InChI is InChI=1S/C17H16N2O3/c20-16(11-12-4-2-1-3-5-12)18-9-8-13-6-7-15-14(10-13)19-17(21)22-15/h1-7,10H,8-9,11H2,(H,18,20)(H,19,21). The van der Waals surface area contributed by atoms with Gasteiger partial charge in [0.25, 0.3) is 0 Å². The van der Waals surface area contributed by atoms with E-state index in [0.717, 1.165) is 11.1 Å². The summed E-state index contributed by atoms with van der Waals surface area (Å²) < 4.78 is 4.95. The number of carbonyl (C=O) groups excluding carboxylic acids is 1. The van der Waals surface area contributed by atoms with E-state index in [2.05, 4.69) is 10.3 Å². The normalized spacial score (nSPS) is 10.7. The number of fused-ring (bicyclic) bond motifs is 1. The van der Waals surface area contributed by atoms with Crippen LogP contribution in [-0.4, -0.2) is 17.4 Å². The predicted octanol–water partition coefficient (Wildman–Crippen LogP) is 2.02. The molecule has 112 valence electrons. The minimum atomic E-state index is -0.455. The van der Waals surface area contributed by atoms with Crippen LogP contribution in [0.15, 0.2) is 57.7 Å². The highest BCUT2D eigenvalue weighted by Gasteiger charge is 2.04. The van der Waals surface area contributed by atoms with E-state index in [0.29, 0.717) is 30.5 Å². The first-order valence-electron chi connectivity index (χ1n) is 7.13. The number of H-pyrrole nitrogens is 1. The average molecular weight is 296 g/mol. The molecule has 0 bridgehead atoms. The Balaban J connectivity index is 1.53. The van der Waals surface area contributed by atoms with Crippen LogP contribution in [0, 0.1) is 0 Å². The van der Waals surface area contributed by atoms with Gasteiger partial charge in [0.1, 0.15) is 0 Å². The zero-order valence-electron chi connectivity index (χ0n) is 12.0. The molecule has 0 atom stereocenters. The summed E-state index contributed by atoms with van der Waals surface area (Å²) >= 11 is 0. The summed E-state index contributed by atoms with van der Waals surface area (Å²) in [7, 11) is 0. The lowest BCUT2D eigenvalue weighted by Crippen LogP contribution is -2.27. The van der Waals surface area contributed by atoms with Gasteiger partial charge in [0.05, 0.1) is 11.9 Å². The summed E-state index contributed by atoms with van der Waals surface area (Å²) in [6.45, 7) is 0.555. The van der Waals surface area contributed by atoms with Gasteiger partial charge in [0, 0.05) is 6.54 Å². The van der Waals surface area contributed by atoms with Crippen LogP contribution in [0.25, 0.3) is 11.1 Å². The molecule has 0 aliphatic rings. The van der Waals surface area contributed by atoms with Crippen LogP contribution in [0.2, 0.25) is 0 Å². The van der Waals surface area contributed by atoms with Crippen LogP contribution < -0.4 is 11.1 Å². The van der Waals surface area contributed by atoms with E-state index >= 15 is 0 Å². The Hall–Kier alpha value is -2.82. The molecule has 0 saturated heterocycles. The zero-order chi connectivity index (χ0) is 15.4.